The summed E-state index contributed by atoms with van der Waals surface area (Å²) in [4.78, 5) is 4.84. The number of unbranched alkanes of at least 4 members (excludes halogenated alkanes) is 1. The van der Waals surface area contributed by atoms with Gasteiger partial charge in [0.1, 0.15) is 11.6 Å². The molecular formula is C27H28N2O. The van der Waals surface area contributed by atoms with Gasteiger partial charge in [0.15, 0.2) is 0 Å². The minimum absolute atomic E-state index is 0.730. The van der Waals surface area contributed by atoms with Crippen LogP contribution in [0.15, 0.2) is 72.8 Å². The van der Waals surface area contributed by atoms with Gasteiger partial charge >= 0.3 is 0 Å². The van der Waals surface area contributed by atoms with Crippen molar-refractivity contribution in [3.8, 4) is 5.75 Å². The van der Waals surface area contributed by atoms with E-state index in [0.717, 1.165) is 43.1 Å². The minimum atomic E-state index is 0.730. The zero-order valence-electron chi connectivity index (χ0n) is 17.7. The quantitative estimate of drug-likeness (QED) is 0.311. The van der Waals surface area contributed by atoms with Crippen LogP contribution in [0.4, 0.5) is 0 Å². The zero-order chi connectivity index (χ0) is 20.8. The first-order chi connectivity index (χ1) is 14.7. The maximum Gasteiger partial charge on any atom is 0.133 e. The molecule has 0 aliphatic rings. The highest BCUT2D eigenvalue weighted by molar-refractivity contribution is 5.79. The van der Waals surface area contributed by atoms with Crippen molar-refractivity contribution in [1.29, 1.82) is 0 Å². The molecule has 0 bridgehead atoms. The van der Waals surface area contributed by atoms with Crippen LogP contribution in [0.3, 0.4) is 0 Å². The first-order valence-electron chi connectivity index (χ1n) is 10.6. The topological polar surface area (TPSA) is 27.1 Å². The van der Waals surface area contributed by atoms with E-state index < -0.39 is 0 Å². The summed E-state index contributed by atoms with van der Waals surface area (Å²) in [5.41, 5.74) is 5.80. The Morgan fingerprint density at radius 2 is 1.53 bits per heavy atom. The van der Waals surface area contributed by atoms with Gasteiger partial charge in [0.25, 0.3) is 0 Å². The molecule has 0 amide bonds. The molecule has 0 fully saturated rings. The van der Waals surface area contributed by atoms with Crippen molar-refractivity contribution in [3.05, 3.63) is 95.3 Å². The number of para-hydroxylation sites is 3. The molecule has 0 saturated carbocycles. The molecule has 0 spiro atoms. The Labute approximate surface area is 178 Å². The molecule has 3 heteroatoms. The lowest BCUT2D eigenvalue weighted by Gasteiger charge is -2.12. The molecule has 0 saturated heterocycles. The molecule has 0 aliphatic heterocycles. The van der Waals surface area contributed by atoms with Gasteiger partial charge in [-0.3, -0.25) is 0 Å². The summed E-state index contributed by atoms with van der Waals surface area (Å²) in [5.74, 6) is 2.02. The summed E-state index contributed by atoms with van der Waals surface area (Å²) in [6.45, 7) is 5.86. The van der Waals surface area contributed by atoms with Crippen LogP contribution in [-0.2, 0) is 6.54 Å². The lowest BCUT2D eigenvalue weighted by Crippen LogP contribution is -2.05. The third kappa shape index (κ3) is 4.62. The Bertz CT molecular complexity index is 1120. The number of hydrogen-bond acceptors (Lipinski definition) is 2. The summed E-state index contributed by atoms with van der Waals surface area (Å²) in [6, 6.07) is 25.0. The van der Waals surface area contributed by atoms with Crippen molar-refractivity contribution >= 4 is 23.2 Å². The third-order valence-corrected chi connectivity index (χ3v) is 5.34. The van der Waals surface area contributed by atoms with E-state index in [1.54, 1.807) is 0 Å². The van der Waals surface area contributed by atoms with Crippen LogP contribution in [0.2, 0.25) is 0 Å². The molecule has 0 atom stereocenters. The standard InChI is InChI=1S/C27H28N2O/c1-21-11-10-12-22(2)27(21)30-20-9-8-19-29-25-16-7-6-15-24(25)28-26(29)18-17-23-13-4-3-5-14-23/h3-7,10-18H,8-9,19-20H2,1-2H3/b18-17+. The number of benzene rings is 3. The second-order valence-electron chi connectivity index (χ2n) is 7.63. The largest absolute Gasteiger partial charge is 0.493 e. The lowest BCUT2D eigenvalue weighted by atomic mass is 10.1. The van der Waals surface area contributed by atoms with Crippen LogP contribution in [0.1, 0.15) is 35.4 Å². The SMILES string of the molecule is Cc1cccc(C)c1OCCCCn1c(/C=C/c2ccccc2)nc2ccccc21. The van der Waals surface area contributed by atoms with E-state index in [-0.39, 0.29) is 0 Å². The maximum absolute atomic E-state index is 6.07. The molecule has 0 aliphatic carbocycles. The molecule has 152 valence electrons. The van der Waals surface area contributed by atoms with E-state index in [1.807, 2.05) is 12.1 Å². The number of hydrogen-bond donors (Lipinski definition) is 0. The van der Waals surface area contributed by atoms with E-state index in [4.69, 9.17) is 9.72 Å². The van der Waals surface area contributed by atoms with Gasteiger partial charge in [0, 0.05) is 6.54 Å². The smallest absolute Gasteiger partial charge is 0.133 e. The highest BCUT2D eigenvalue weighted by atomic mass is 16.5. The van der Waals surface area contributed by atoms with Gasteiger partial charge in [-0.15, -0.1) is 0 Å². The lowest BCUT2D eigenvalue weighted by molar-refractivity contribution is 0.299. The Morgan fingerprint density at radius 3 is 2.33 bits per heavy atom. The second-order valence-corrected chi connectivity index (χ2v) is 7.63. The maximum atomic E-state index is 6.07. The number of fused-ring (bicyclic) bond motifs is 1. The number of aryl methyl sites for hydroxylation is 3. The average Bonchev–Trinajstić information content (AvgIpc) is 3.12. The zero-order valence-corrected chi connectivity index (χ0v) is 17.7. The Hall–Kier alpha value is -3.33. The van der Waals surface area contributed by atoms with Crippen molar-refractivity contribution in [3.63, 3.8) is 0 Å². The van der Waals surface area contributed by atoms with E-state index in [2.05, 4.69) is 91.2 Å². The molecule has 4 aromatic rings. The van der Waals surface area contributed by atoms with Crippen LogP contribution in [-0.4, -0.2) is 16.2 Å². The van der Waals surface area contributed by atoms with Crippen LogP contribution in [0, 0.1) is 13.8 Å². The molecule has 3 nitrogen and oxygen atoms in total. The number of ether oxygens (including phenoxy) is 1. The van der Waals surface area contributed by atoms with E-state index in [0.29, 0.717) is 0 Å². The highest BCUT2D eigenvalue weighted by Gasteiger charge is 2.08. The van der Waals surface area contributed by atoms with Crippen LogP contribution in [0.25, 0.3) is 23.2 Å². The molecule has 3 aromatic carbocycles. The van der Waals surface area contributed by atoms with Gasteiger partial charge < -0.3 is 9.30 Å². The monoisotopic (exact) mass is 396 g/mol. The van der Waals surface area contributed by atoms with E-state index in [1.165, 1.54) is 22.2 Å². The fraction of sp³-hybridized carbons (Fsp3) is 0.222. The Balaban J connectivity index is 1.43. The summed E-state index contributed by atoms with van der Waals surface area (Å²) in [6.07, 6.45) is 6.28. The van der Waals surface area contributed by atoms with Crippen molar-refractivity contribution in [2.24, 2.45) is 0 Å². The molecule has 1 heterocycles. The van der Waals surface area contributed by atoms with Crippen LogP contribution >= 0.6 is 0 Å². The van der Waals surface area contributed by atoms with Gasteiger partial charge in [0.2, 0.25) is 0 Å². The van der Waals surface area contributed by atoms with Gasteiger partial charge in [-0.2, -0.15) is 0 Å². The molecule has 0 N–H and O–H groups in total. The molecule has 0 radical (unpaired) electrons. The summed E-state index contributed by atoms with van der Waals surface area (Å²) in [7, 11) is 0. The summed E-state index contributed by atoms with van der Waals surface area (Å²) < 4.78 is 8.38. The predicted octanol–water partition coefficient (Wildman–Crippen LogP) is 6.68. The summed E-state index contributed by atoms with van der Waals surface area (Å²) in [5, 5.41) is 0. The van der Waals surface area contributed by atoms with E-state index >= 15 is 0 Å². The van der Waals surface area contributed by atoms with Gasteiger partial charge in [-0.05, 0) is 61.6 Å². The van der Waals surface area contributed by atoms with Gasteiger partial charge in [0.05, 0.1) is 17.6 Å². The first kappa shape index (κ1) is 20.0. The molecule has 0 unspecified atom stereocenters. The first-order valence-corrected chi connectivity index (χ1v) is 10.6. The third-order valence-electron chi connectivity index (χ3n) is 5.34. The fourth-order valence-corrected chi connectivity index (χ4v) is 3.76. The number of imidazole rings is 1. The average molecular weight is 397 g/mol. The highest BCUT2D eigenvalue weighted by Crippen LogP contribution is 2.23. The molecule has 1 aromatic heterocycles. The van der Waals surface area contributed by atoms with Crippen LogP contribution < -0.4 is 4.74 Å². The molecule has 30 heavy (non-hydrogen) atoms. The normalized spacial score (nSPS) is 11.4. The van der Waals surface area contributed by atoms with Crippen molar-refractivity contribution < 1.29 is 4.74 Å². The van der Waals surface area contributed by atoms with E-state index in [9.17, 15) is 0 Å². The fourth-order valence-electron chi connectivity index (χ4n) is 3.76. The van der Waals surface area contributed by atoms with Crippen LogP contribution in [0.5, 0.6) is 5.75 Å². The predicted molar refractivity (Wildman–Crippen MR) is 126 cm³/mol. The number of nitrogens with zero attached hydrogens (tertiary/aromatic N) is 2. The van der Waals surface area contributed by atoms with Crippen molar-refractivity contribution in [2.75, 3.05) is 6.61 Å². The molecule has 4 rings (SSSR count). The van der Waals surface area contributed by atoms with Crippen molar-refractivity contribution in [1.82, 2.24) is 9.55 Å². The van der Waals surface area contributed by atoms with Crippen molar-refractivity contribution in [2.45, 2.75) is 33.2 Å². The minimum Gasteiger partial charge on any atom is -0.493 e. The van der Waals surface area contributed by atoms with Gasteiger partial charge in [-0.25, -0.2) is 4.98 Å². The second kappa shape index (κ2) is 9.45. The number of rotatable bonds is 8. The number of aromatic nitrogens is 2. The molecular weight excluding hydrogens is 368 g/mol. The Kier molecular flexibility index (Phi) is 6.29. The Morgan fingerprint density at radius 1 is 0.800 bits per heavy atom. The van der Waals surface area contributed by atoms with Gasteiger partial charge in [-0.1, -0.05) is 66.7 Å². The summed E-state index contributed by atoms with van der Waals surface area (Å²) >= 11 is 0.